The van der Waals surface area contributed by atoms with E-state index in [9.17, 15) is 0 Å². The summed E-state index contributed by atoms with van der Waals surface area (Å²) >= 11 is 0. The molecular weight excluding hydrogens is 232 g/mol. The number of hydrogen-bond acceptors (Lipinski definition) is 2. The van der Waals surface area contributed by atoms with Crippen molar-refractivity contribution < 1.29 is 0 Å². The van der Waals surface area contributed by atoms with Gasteiger partial charge in [0.05, 0.1) is 0 Å². The number of likely N-dealkylation sites (tertiary alicyclic amines) is 1. The lowest BCUT2D eigenvalue weighted by atomic mass is 9.97. The van der Waals surface area contributed by atoms with Crippen LogP contribution >= 0.6 is 0 Å². The maximum absolute atomic E-state index is 3.67. The second kappa shape index (κ2) is 11.7. The van der Waals surface area contributed by atoms with Gasteiger partial charge in [-0.25, -0.2) is 0 Å². The summed E-state index contributed by atoms with van der Waals surface area (Å²) in [6, 6.07) is 0. The van der Waals surface area contributed by atoms with Crippen LogP contribution in [0.1, 0.15) is 71.6 Å². The molecule has 2 nitrogen and oxygen atoms in total. The zero-order valence-corrected chi connectivity index (χ0v) is 13.4. The molecule has 0 bridgehead atoms. The smallest absolute Gasteiger partial charge is 0.00157 e. The zero-order chi connectivity index (χ0) is 13.8. The van der Waals surface area contributed by atoms with E-state index in [0.717, 1.165) is 5.92 Å². The first kappa shape index (κ1) is 17.0. The second-order valence-corrected chi connectivity index (χ2v) is 6.20. The van der Waals surface area contributed by atoms with Crippen molar-refractivity contribution in [3.63, 3.8) is 0 Å². The Labute approximate surface area is 121 Å². The number of hydrogen-bond donors (Lipinski definition) is 1. The molecule has 0 spiro atoms. The summed E-state index contributed by atoms with van der Waals surface area (Å²) in [6.45, 7) is 10.9. The highest BCUT2D eigenvalue weighted by molar-refractivity contribution is 4.72. The molecule has 1 heterocycles. The van der Waals surface area contributed by atoms with Gasteiger partial charge in [-0.3, -0.25) is 0 Å². The van der Waals surface area contributed by atoms with E-state index in [2.05, 4.69) is 24.1 Å². The Kier molecular flexibility index (Phi) is 10.5. The fraction of sp³-hybridized carbons (Fsp3) is 1.00. The van der Waals surface area contributed by atoms with Gasteiger partial charge in [-0.1, -0.05) is 52.4 Å². The molecule has 0 aromatic heterocycles. The van der Waals surface area contributed by atoms with Crippen molar-refractivity contribution in [3.8, 4) is 0 Å². The fourth-order valence-electron chi connectivity index (χ4n) is 3.02. The van der Waals surface area contributed by atoms with Gasteiger partial charge in [0.25, 0.3) is 0 Å². The Bertz CT molecular complexity index is 186. The van der Waals surface area contributed by atoms with Crippen LogP contribution in [-0.4, -0.2) is 37.6 Å². The van der Waals surface area contributed by atoms with Gasteiger partial charge in [0, 0.05) is 0 Å². The molecule has 1 N–H and O–H groups in total. The molecule has 0 aromatic carbocycles. The van der Waals surface area contributed by atoms with Crippen LogP contribution in [0.25, 0.3) is 0 Å². The monoisotopic (exact) mass is 268 g/mol. The van der Waals surface area contributed by atoms with Gasteiger partial charge in [0.2, 0.25) is 0 Å². The number of nitrogens with one attached hydrogen (secondary N) is 1. The normalized spacial score (nSPS) is 18.0. The second-order valence-electron chi connectivity index (χ2n) is 6.20. The first-order valence-corrected chi connectivity index (χ1v) is 8.79. The van der Waals surface area contributed by atoms with Crippen molar-refractivity contribution in [1.29, 1.82) is 0 Å². The Morgan fingerprint density at radius 2 is 1.53 bits per heavy atom. The van der Waals surface area contributed by atoms with Gasteiger partial charge >= 0.3 is 0 Å². The lowest BCUT2D eigenvalue weighted by molar-refractivity contribution is 0.190. The van der Waals surface area contributed by atoms with Crippen molar-refractivity contribution in [3.05, 3.63) is 0 Å². The molecule has 1 fully saturated rings. The maximum atomic E-state index is 3.67. The molecule has 0 unspecified atom stereocenters. The van der Waals surface area contributed by atoms with Crippen LogP contribution in [0, 0.1) is 5.92 Å². The lowest BCUT2D eigenvalue weighted by Gasteiger charge is -2.31. The molecule has 1 aliphatic rings. The van der Waals surface area contributed by atoms with Gasteiger partial charge in [0.1, 0.15) is 0 Å². The molecule has 114 valence electrons. The number of rotatable bonds is 11. The van der Waals surface area contributed by atoms with E-state index in [0.29, 0.717) is 0 Å². The van der Waals surface area contributed by atoms with Crippen molar-refractivity contribution >= 4 is 0 Å². The Morgan fingerprint density at radius 3 is 2.16 bits per heavy atom. The topological polar surface area (TPSA) is 15.3 Å². The zero-order valence-electron chi connectivity index (χ0n) is 13.4. The molecule has 0 saturated carbocycles. The van der Waals surface area contributed by atoms with E-state index < -0.39 is 0 Å². The van der Waals surface area contributed by atoms with Gasteiger partial charge in [0.15, 0.2) is 0 Å². The third kappa shape index (κ3) is 8.65. The van der Waals surface area contributed by atoms with Gasteiger partial charge in [-0.05, 0) is 57.9 Å². The predicted octanol–water partition coefficient (Wildman–Crippen LogP) is 4.06. The Balaban J connectivity index is 1.81. The van der Waals surface area contributed by atoms with Crippen molar-refractivity contribution in [2.24, 2.45) is 5.92 Å². The van der Waals surface area contributed by atoms with Gasteiger partial charge in [-0.2, -0.15) is 0 Å². The highest BCUT2D eigenvalue weighted by Gasteiger charge is 2.17. The van der Waals surface area contributed by atoms with E-state index in [1.54, 1.807) is 0 Å². The Hall–Kier alpha value is -0.0800. The van der Waals surface area contributed by atoms with Gasteiger partial charge < -0.3 is 10.2 Å². The first-order chi connectivity index (χ1) is 9.36. The van der Waals surface area contributed by atoms with Crippen molar-refractivity contribution in [2.45, 2.75) is 71.6 Å². The van der Waals surface area contributed by atoms with Crippen LogP contribution in [0.2, 0.25) is 0 Å². The molecule has 0 aliphatic carbocycles. The molecule has 0 aromatic rings. The van der Waals surface area contributed by atoms with E-state index in [1.807, 2.05) is 0 Å². The predicted molar refractivity (Wildman–Crippen MR) is 85.7 cm³/mol. The van der Waals surface area contributed by atoms with E-state index in [1.165, 1.54) is 90.5 Å². The summed E-state index contributed by atoms with van der Waals surface area (Å²) < 4.78 is 0. The molecule has 0 amide bonds. The highest BCUT2D eigenvalue weighted by Crippen LogP contribution is 2.15. The summed E-state index contributed by atoms with van der Waals surface area (Å²) in [7, 11) is 0. The minimum Gasteiger partial charge on any atom is -0.316 e. The Morgan fingerprint density at radius 1 is 0.895 bits per heavy atom. The standard InChI is InChI=1S/C17H36N2/c1-3-5-6-7-8-9-10-13-18-16-17-11-14-19(4-2)15-12-17/h17-18H,3-16H2,1-2H3. The van der Waals surface area contributed by atoms with Crippen LogP contribution < -0.4 is 5.32 Å². The summed E-state index contributed by atoms with van der Waals surface area (Å²) in [5, 5.41) is 3.67. The van der Waals surface area contributed by atoms with E-state index in [4.69, 9.17) is 0 Å². The molecule has 1 aliphatic heterocycles. The molecule has 1 saturated heterocycles. The SMILES string of the molecule is CCCCCCCCCNCC1CCN(CC)CC1. The summed E-state index contributed by atoms with van der Waals surface area (Å²) in [4.78, 5) is 2.58. The molecule has 19 heavy (non-hydrogen) atoms. The summed E-state index contributed by atoms with van der Waals surface area (Å²) in [5.41, 5.74) is 0. The molecule has 1 rings (SSSR count). The molecular formula is C17H36N2. The van der Waals surface area contributed by atoms with Crippen LogP contribution in [0.3, 0.4) is 0 Å². The third-order valence-electron chi connectivity index (χ3n) is 4.54. The van der Waals surface area contributed by atoms with Crippen molar-refractivity contribution in [2.75, 3.05) is 32.7 Å². The van der Waals surface area contributed by atoms with Crippen LogP contribution in [-0.2, 0) is 0 Å². The highest BCUT2D eigenvalue weighted by atomic mass is 15.1. The van der Waals surface area contributed by atoms with E-state index in [-0.39, 0.29) is 0 Å². The van der Waals surface area contributed by atoms with Crippen LogP contribution in [0.5, 0.6) is 0 Å². The third-order valence-corrected chi connectivity index (χ3v) is 4.54. The van der Waals surface area contributed by atoms with Crippen LogP contribution in [0.4, 0.5) is 0 Å². The average Bonchev–Trinajstić information content (AvgIpc) is 2.46. The number of unbranched alkanes of at least 4 members (excludes halogenated alkanes) is 6. The molecule has 0 radical (unpaired) electrons. The largest absolute Gasteiger partial charge is 0.316 e. The molecule has 0 atom stereocenters. The maximum Gasteiger partial charge on any atom is -0.00157 e. The summed E-state index contributed by atoms with van der Waals surface area (Å²) in [5.74, 6) is 0.937. The fourth-order valence-corrected chi connectivity index (χ4v) is 3.02. The summed E-state index contributed by atoms with van der Waals surface area (Å²) in [6.07, 6.45) is 12.7. The van der Waals surface area contributed by atoms with Gasteiger partial charge in [-0.15, -0.1) is 0 Å². The minimum atomic E-state index is 0.937. The van der Waals surface area contributed by atoms with Crippen LogP contribution in [0.15, 0.2) is 0 Å². The first-order valence-electron chi connectivity index (χ1n) is 8.79. The average molecular weight is 268 g/mol. The lowest BCUT2D eigenvalue weighted by Crippen LogP contribution is -2.37. The molecule has 2 heteroatoms. The number of nitrogens with zero attached hydrogens (tertiary/aromatic N) is 1. The minimum absolute atomic E-state index is 0.937. The van der Waals surface area contributed by atoms with Crippen molar-refractivity contribution in [1.82, 2.24) is 10.2 Å². The van der Waals surface area contributed by atoms with E-state index >= 15 is 0 Å². The quantitative estimate of drug-likeness (QED) is 0.569. The number of piperidine rings is 1.